The summed E-state index contributed by atoms with van der Waals surface area (Å²) in [6.07, 6.45) is 2.73. The van der Waals surface area contributed by atoms with Crippen LogP contribution in [0.1, 0.15) is 12.0 Å². The number of nitrogens with zero attached hydrogens (tertiary/aromatic N) is 2. The van der Waals surface area contributed by atoms with Gasteiger partial charge in [-0.1, -0.05) is 23.8 Å². The number of H-pyrrole nitrogens is 1. The highest BCUT2D eigenvalue weighted by molar-refractivity contribution is 5.88. The molecule has 5 heteroatoms. The number of hydrogen-bond donors (Lipinski definition) is 2. The molecule has 2 heterocycles. The molecule has 0 aliphatic heterocycles. The van der Waals surface area contributed by atoms with Crippen LogP contribution in [0.15, 0.2) is 36.5 Å². The van der Waals surface area contributed by atoms with Crippen molar-refractivity contribution in [3.05, 3.63) is 42.1 Å². The van der Waals surface area contributed by atoms with Gasteiger partial charge in [0.15, 0.2) is 5.82 Å². The van der Waals surface area contributed by atoms with Crippen LogP contribution in [0.5, 0.6) is 0 Å². The number of benzene rings is 1. The molecule has 1 aromatic carbocycles. The molecule has 0 saturated heterocycles. The molecule has 0 bridgehead atoms. The monoisotopic (exact) mass is 296 g/mol. The molecule has 114 valence electrons. The topological polar surface area (TPSA) is 62.8 Å². The lowest BCUT2D eigenvalue weighted by Crippen LogP contribution is -2.06. The van der Waals surface area contributed by atoms with Gasteiger partial charge in [-0.15, -0.1) is 0 Å². The van der Waals surface area contributed by atoms with Crippen LogP contribution >= 0.6 is 0 Å². The number of rotatable bonds is 6. The molecule has 0 atom stereocenters. The van der Waals surface area contributed by atoms with Crippen LogP contribution < -0.4 is 5.32 Å². The number of ether oxygens (including phenoxy) is 1. The van der Waals surface area contributed by atoms with Crippen molar-refractivity contribution in [2.24, 2.45) is 0 Å². The summed E-state index contributed by atoms with van der Waals surface area (Å²) in [5.41, 5.74) is 4.16. The third-order valence-corrected chi connectivity index (χ3v) is 3.51. The number of anilines is 1. The molecule has 0 spiro atoms. The predicted octanol–water partition coefficient (Wildman–Crippen LogP) is 3.38. The van der Waals surface area contributed by atoms with Crippen molar-refractivity contribution in [3.63, 3.8) is 0 Å². The number of nitrogens with one attached hydrogen (secondary N) is 2. The van der Waals surface area contributed by atoms with E-state index in [4.69, 9.17) is 9.72 Å². The van der Waals surface area contributed by atoms with E-state index in [9.17, 15) is 0 Å². The second-order valence-corrected chi connectivity index (χ2v) is 5.28. The molecule has 22 heavy (non-hydrogen) atoms. The largest absolute Gasteiger partial charge is 0.385 e. The number of pyridine rings is 1. The lowest BCUT2D eigenvalue weighted by atomic mass is 10.1. The van der Waals surface area contributed by atoms with Crippen molar-refractivity contribution in [3.8, 4) is 11.4 Å². The molecule has 0 fully saturated rings. The third kappa shape index (κ3) is 3.09. The Morgan fingerprint density at radius 2 is 2.18 bits per heavy atom. The van der Waals surface area contributed by atoms with Gasteiger partial charge in [-0.05, 0) is 25.5 Å². The standard InChI is InChI=1S/C17H20N4O/c1-12-5-3-6-13(11-12)16-20-14-7-9-19-17(15(14)21-16)18-8-4-10-22-2/h3,5-7,9,11H,4,8,10H2,1-2H3,(H,18,19)(H,20,21). The Labute approximate surface area is 129 Å². The highest BCUT2D eigenvalue weighted by Crippen LogP contribution is 2.24. The lowest BCUT2D eigenvalue weighted by molar-refractivity contribution is 0.198. The van der Waals surface area contributed by atoms with Gasteiger partial charge in [-0.3, -0.25) is 0 Å². The zero-order valence-electron chi connectivity index (χ0n) is 12.9. The predicted molar refractivity (Wildman–Crippen MR) is 89.0 cm³/mol. The van der Waals surface area contributed by atoms with Gasteiger partial charge < -0.3 is 15.0 Å². The van der Waals surface area contributed by atoms with E-state index < -0.39 is 0 Å². The van der Waals surface area contributed by atoms with Crippen molar-refractivity contribution >= 4 is 16.9 Å². The van der Waals surface area contributed by atoms with Gasteiger partial charge in [-0.25, -0.2) is 9.97 Å². The maximum Gasteiger partial charge on any atom is 0.154 e. The molecule has 3 aromatic rings. The number of aryl methyl sites for hydroxylation is 1. The first kappa shape index (κ1) is 14.5. The molecule has 5 nitrogen and oxygen atoms in total. The Kier molecular flexibility index (Phi) is 4.34. The Morgan fingerprint density at radius 1 is 1.27 bits per heavy atom. The van der Waals surface area contributed by atoms with E-state index in [0.717, 1.165) is 47.8 Å². The molecule has 2 N–H and O–H groups in total. The summed E-state index contributed by atoms with van der Waals surface area (Å²) in [6, 6.07) is 10.2. The summed E-state index contributed by atoms with van der Waals surface area (Å²) in [5, 5.41) is 3.33. The molecule has 0 radical (unpaired) electrons. The average Bonchev–Trinajstić information content (AvgIpc) is 2.96. The second kappa shape index (κ2) is 6.58. The first-order valence-electron chi connectivity index (χ1n) is 7.42. The molecule has 0 saturated carbocycles. The molecule has 0 aliphatic rings. The molecule has 0 amide bonds. The Hall–Kier alpha value is -2.40. The zero-order valence-corrected chi connectivity index (χ0v) is 12.9. The first-order chi connectivity index (χ1) is 10.8. The second-order valence-electron chi connectivity index (χ2n) is 5.28. The fourth-order valence-corrected chi connectivity index (χ4v) is 2.42. The fourth-order valence-electron chi connectivity index (χ4n) is 2.42. The van der Waals surface area contributed by atoms with Crippen molar-refractivity contribution in [1.29, 1.82) is 0 Å². The number of imidazole rings is 1. The van der Waals surface area contributed by atoms with E-state index in [-0.39, 0.29) is 0 Å². The third-order valence-electron chi connectivity index (χ3n) is 3.51. The van der Waals surface area contributed by atoms with Crippen LogP contribution in [-0.2, 0) is 4.74 Å². The van der Waals surface area contributed by atoms with E-state index in [0.29, 0.717) is 0 Å². The fraction of sp³-hybridized carbons (Fsp3) is 0.294. The van der Waals surface area contributed by atoms with Crippen molar-refractivity contribution in [2.75, 3.05) is 25.6 Å². The summed E-state index contributed by atoms with van der Waals surface area (Å²) >= 11 is 0. The van der Waals surface area contributed by atoms with Crippen molar-refractivity contribution in [2.45, 2.75) is 13.3 Å². The highest BCUT2D eigenvalue weighted by atomic mass is 16.5. The lowest BCUT2D eigenvalue weighted by Gasteiger charge is -2.04. The minimum absolute atomic E-state index is 0.734. The summed E-state index contributed by atoms with van der Waals surface area (Å²) in [6.45, 7) is 3.63. The van der Waals surface area contributed by atoms with Crippen LogP contribution in [-0.4, -0.2) is 35.2 Å². The smallest absolute Gasteiger partial charge is 0.154 e. The van der Waals surface area contributed by atoms with Crippen molar-refractivity contribution < 1.29 is 4.74 Å². The van der Waals surface area contributed by atoms with Gasteiger partial charge in [0.1, 0.15) is 11.3 Å². The first-order valence-corrected chi connectivity index (χ1v) is 7.42. The molecule has 3 rings (SSSR count). The molecular formula is C17H20N4O. The Morgan fingerprint density at radius 3 is 3.00 bits per heavy atom. The van der Waals surface area contributed by atoms with E-state index in [2.05, 4.69) is 40.4 Å². The van der Waals surface area contributed by atoms with Crippen LogP contribution in [0.4, 0.5) is 5.82 Å². The molecular weight excluding hydrogens is 276 g/mol. The van der Waals surface area contributed by atoms with Crippen LogP contribution in [0, 0.1) is 6.92 Å². The number of fused-ring (bicyclic) bond motifs is 1. The summed E-state index contributed by atoms with van der Waals surface area (Å²) in [7, 11) is 1.71. The number of aromatic amines is 1. The number of methoxy groups -OCH3 is 1. The number of aromatic nitrogens is 3. The maximum absolute atomic E-state index is 5.06. The summed E-state index contributed by atoms with van der Waals surface area (Å²) < 4.78 is 5.06. The van der Waals surface area contributed by atoms with Gasteiger partial charge in [0.05, 0.1) is 5.52 Å². The van der Waals surface area contributed by atoms with Gasteiger partial charge >= 0.3 is 0 Å². The summed E-state index contributed by atoms with van der Waals surface area (Å²) in [4.78, 5) is 12.5. The Bertz CT molecular complexity index is 766. The van der Waals surface area contributed by atoms with Crippen LogP contribution in [0.25, 0.3) is 22.4 Å². The highest BCUT2D eigenvalue weighted by Gasteiger charge is 2.09. The minimum Gasteiger partial charge on any atom is -0.385 e. The summed E-state index contributed by atoms with van der Waals surface area (Å²) in [5.74, 6) is 1.68. The molecule has 0 unspecified atom stereocenters. The molecule has 2 aromatic heterocycles. The van der Waals surface area contributed by atoms with Gasteiger partial charge in [0.2, 0.25) is 0 Å². The van der Waals surface area contributed by atoms with Gasteiger partial charge in [-0.2, -0.15) is 0 Å². The minimum atomic E-state index is 0.734. The molecule has 0 aliphatic carbocycles. The van der Waals surface area contributed by atoms with Gasteiger partial charge in [0.25, 0.3) is 0 Å². The number of hydrogen-bond acceptors (Lipinski definition) is 4. The van der Waals surface area contributed by atoms with Crippen LogP contribution in [0.2, 0.25) is 0 Å². The van der Waals surface area contributed by atoms with E-state index in [1.54, 1.807) is 13.3 Å². The SMILES string of the molecule is COCCCNc1nccc2[nH]c(-c3cccc(C)c3)nc12. The van der Waals surface area contributed by atoms with Crippen molar-refractivity contribution in [1.82, 2.24) is 15.0 Å². The normalized spacial score (nSPS) is 11.0. The maximum atomic E-state index is 5.06. The van der Waals surface area contributed by atoms with E-state index in [1.807, 2.05) is 12.1 Å². The quantitative estimate of drug-likeness (QED) is 0.684. The van der Waals surface area contributed by atoms with E-state index in [1.165, 1.54) is 5.56 Å². The van der Waals surface area contributed by atoms with Crippen LogP contribution in [0.3, 0.4) is 0 Å². The average molecular weight is 296 g/mol. The van der Waals surface area contributed by atoms with E-state index >= 15 is 0 Å². The zero-order chi connectivity index (χ0) is 15.4. The van der Waals surface area contributed by atoms with Gasteiger partial charge in [0, 0.05) is 32.0 Å². The Balaban J connectivity index is 1.89.